The summed E-state index contributed by atoms with van der Waals surface area (Å²) >= 11 is 1.34. The van der Waals surface area contributed by atoms with Gasteiger partial charge in [0.05, 0.1) is 18.6 Å². The summed E-state index contributed by atoms with van der Waals surface area (Å²) in [6.45, 7) is 2.10. The number of nitrogens with zero attached hydrogens (tertiary/aromatic N) is 3. The van der Waals surface area contributed by atoms with E-state index >= 15 is 0 Å². The molecule has 2 aromatic carbocycles. The van der Waals surface area contributed by atoms with E-state index in [0.29, 0.717) is 28.3 Å². The number of rotatable bonds is 7. The molecule has 2 aromatic heterocycles. The van der Waals surface area contributed by atoms with Gasteiger partial charge in [-0.15, -0.1) is 0 Å². The Hall–Kier alpha value is -3.39. The Morgan fingerprint density at radius 3 is 2.47 bits per heavy atom. The summed E-state index contributed by atoms with van der Waals surface area (Å²) in [5, 5.41) is 4.52. The van der Waals surface area contributed by atoms with Gasteiger partial charge in [0.1, 0.15) is 5.75 Å². The van der Waals surface area contributed by atoms with Crippen LogP contribution in [0.1, 0.15) is 18.4 Å². The highest BCUT2D eigenvalue weighted by Crippen LogP contribution is 2.24. The summed E-state index contributed by atoms with van der Waals surface area (Å²) in [6.07, 6.45) is 0.965. The van der Waals surface area contributed by atoms with Crippen LogP contribution in [0.3, 0.4) is 0 Å². The Bertz CT molecular complexity index is 1180. The van der Waals surface area contributed by atoms with Gasteiger partial charge in [-0.3, -0.25) is 4.79 Å². The molecule has 0 saturated heterocycles. The summed E-state index contributed by atoms with van der Waals surface area (Å²) in [6, 6.07) is 17.0. The van der Waals surface area contributed by atoms with Crippen LogP contribution in [-0.2, 0) is 12.2 Å². The molecule has 8 heteroatoms. The second kappa shape index (κ2) is 8.96. The number of ether oxygens (including phenoxy) is 1. The molecule has 1 N–H and O–H groups in total. The van der Waals surface area contributed by atoms with E-state index in [0.717, 1.165) is 23.3 Å². The molecule has 0 aliphatic heterocycles. The second-order valence-electron chi connectivity index (χ2n) is 6.52. The standard InChI is InChI=1S/C22H20N4O3S/c1-3-14-4-6-15(7-5-14)18-12-19(27)24-22(23-18)30-13-20-25-21(26-29-20)16-8-10-17(28-2)11-9-16/h4-12H,3,13H2,1-2H3,(H,23,24,27). The molecule has 0 spiro atoms. The third-order valence-corrected chi connectivity index (χ3v) is 5.38. The zero-order chi connectivity index (χ0) is 20.9. The summed E-state index contributed by atoms with van der Waals surface area (Å²) in [5.74, 6) is 2.10. The Labute approximate surface area is 177 Å². The van der Waals surface area contributed by atoms with Crippen molar-refractivity contribution >= 4 is 11.8 Å². The van der Waals surface area contributed by atoms with Gasteiger partial charge in [-0.2, -0.15) is 4.98 Å². The van der Waals surface area contributed by atoms with Gasteiger partial charge in [-0.05, 0) is 36.2 Å². The van der Waals surface area contributed by atoms with Crippen LogP contribution in [0.2, 0.25) is 0 Å². The third-order valence-electron chi connectivity index (χ3n) is 4.53. The van der Waals surface area contributed by atoms with Crippen molar-refractivity contribution in [3.05, 3.63) is 76.4 Å². The van der Waals surface area contributed by atoms with Crippen molar-refractivity contribution in [2.24, 2.45) is 0 Å². The summed E-state index contributed by atoms with van der Waals surface area (Å²) in [7, 11) is 1.62. The van der Waals surface area contributed by atoms with E-state index in [1.54, 1.807) is 7.11 Å². The molecule has 152 valence electrons. The lowest BCUT2D eigenvalue weighted by Crippen LogP contribution is -2.08. The zero-order valence-corrected chi connectivity index (χ0v) is 17.4. The minimum absolute atomic E-state index is 0.202. The molecule has 0 aliphatic rings. The Morgan fingerprint density at radius 1 is 1.03 bits per heavy atom. The Morgan fingerprint density at radius 2 is 1.77 bits per heavy atom. The first-order chi connectivity index (χ1) is 14.6. The van der Waals surface area contributed by atoms with Crippen LogP contribution in [0.15, 0.2) is 69.1 Å². The molecule has 4 rings (SSSR count). The van der Waals surface area contributed by atoms with Crippen LogP contribution in [0.4, 0.5) is 0 Å². The van der Waals surface area contributed by atoms with Gasteiger partial charge < -0.3 is 14.2 Å². The molecule has 0 atom stereocenters. The van der Waals surface area contributed by atoms with Gasteiger partial charge in [0, 0.05) is 17.2 Å². The molecule has 0 aliphatic carbocycles. The number of hydrogen-bond donors (Lipinski definition) is 1. The first-order valence-electron chi connectivity index (χ1n) is 9.45. The normalized spacial score (nSPS) is 10.9. The highest BCUT2D eigenvalue weighted by molar-refractivity contribution is 7.98. The second-order valence-corrected chi connectivity index (χ2v) is 7.48. The lowest BCUT2D eigenvalue weighted by Gasteiger charge is -2.04. The van der Waals surface area contributed by atoms with Crippen molar-refractivity contribution in [2.75, 3.05) is 7.11 Å². The number of methoxy groups -OCH3 is 1. The number of nitrogens with one attached hydrogen (secondary N) is 1. The summed E-state index contributed by atoms with van der Waals surface area (Å²) in [4.78, 5) is 23.8. The molecule has 2 heterocycles. The molecule has 0 radical (unpaired) electrons. The molecule has 0 unspecified atom stereocenters. The third kappa shape index (κ3) is 4.60. The molecular weight excluding hydrogens is 400 g/mol. The zero-order valence-electron chi connectivity index (χ0n) is 16.6. The average molecular weight is 420 g/mol. The monoisotopic (exact) mass is 420 g/mol. The largest absolute Gasteiger partial charge is 0.497 e. The summed E-state index contributed by atoms with van der Waals surface area (Å²) in [5.41, 5.74) is 3.40. The molecular formula is C22H20N4O3S. The smallest absolute Gasteiger partial charge is 0.252 e. The van der Waals surface area contributed by atoms with Gasteiger partial charge in [-0.25, -0.2) is 4.98 Å². The van der Waals surface area contributed by atoms with Crippen molar-refractivity contribution in [3.8, 4) is 28.4 Å². The average Bonchev–Trinajstić information content (AvgIpc) is 3.26. The topological polar surface area (TPSA) is 93.9 Å². The van der Waals surface area contributed by atoms with E-state index in [4.69, 9.17) is 9.26 Å². The summed E-state index contributed by atoms with van der Waals surface area (Å²) < 4.78 is 10.5. The Balaban J connectivity index is 1.48. The number of benzene rings is 2. The first kappa shape index (κ1) is 19.9. The quantitative estimate of drug-likeness (QED) is 0.351. The molecule has 0 saturated carbocycles. The fourth-order valence-corrected chi connectivity index (χ4v) is 3.58. The predicted molar refractivity (Wildman–Crippen MR) is 116 cm³/mol. The first-order valence-corrected chi connectivity index (χ1v) is 10.4. The van der Waals surface area contributed by atoms with E-state index in [9.17, 15) is 4.79 Å². The Kier molecular flexibility index (Phi) is 5.94. The van der Waals surface area contributed by atoms with Gasteiger partial charge in [0.25, 0.3) is 5.56 Å². The maximum absolute atomic E-state index is 12.1. The molecule has 4 aromatic rings. The van der Waals surface area contributed by atoms with Gasteiger partial charge in [-0.1, -0.05) is 48.1 Å². The van der Waals surface area contributed by atoms with Crippen molar-refractivity contribution in [3.63, 3.8) is 0 Å². The maximum atomic E-state index is 12.1. The molecule has 7 nitrogen and oxygen atoms in total. The van der Waals surface area contributed by atoms with Crippen molar-refractivity contribution in [1.82, 2.24) is 20.1 Å². The molecule has 0 fully saturated rings. The number of thioether (sulfide) groups is 1. The fourth-order valence-electron chi connectivity index (χ4n) is 2.86. The minimum atomic E-state index is -0.202. The van der Waals surface area contributed by atoms with Crippen molar-refractivity contribution in [2.45, 2.75) is 24.3 Å². The van der Waals surface area contributed by atoms with Gasteiger partial charge in [0.2, 0.25) is 11.7 Å². The number of aromatic nitrogens is 4. The van der Waals surface area contributed by atoms with Gasteiger partial charge >= 0.3 is 0 Å². The maximum Gasteiger partial charge on any atom is 0.252 e. The van der Waals surface area contributed by atoms with Crippen LogP contribution in [-0.4, -0.2) is 27.2 Å². The van der Waals surface area contributed by atoms with Crippen molar-refractivity contribution < 1.29 is 9.26 Å². The van der Waals surface area contributed by atoms with E-state index in [1.807, 2.05) is 48.5 Å². The molecule has 0 bridgehead atoms. The van der Waals surface area contributed by atoms with E-state index in [-0.39, 0.29) is 5.56 Å². The molecule has 30 heavy (non-hydrogen) atoms. The highest BCUT2D eigenvalue weighted by Gasteiger charge is 2.11. The van der Waals surface area contributed by atoms with Crippen LogP contribution in [0, 0.1) is 0 Å². The van der Waals surface area contributed by atoms with Crippen LogP contribution < -0.4 is 10.3 Å². The van der Waals surface area contributed by atoms with Crippen LogP contribution in [0.25, 0.3) is 22.6 Å². The number of aromatic amines is 1. The van der Waals surface area contributed by atoms with Crippen LogP contribution >= 0.6 is 11.8 Å². The number of aryl methyl sites for hydroxylation is 1. The minimum Gasteiger partial charge on any atom is -0.497 e. The van der Waals surface area contributed by atoms with E-state index < -0.39 is 0 Å². The SMILES string of the molecule is CCc1ccc(-c2cc(=O)[nH]c(SCc3nc(-c4ccc(OC)cc4)no3)n2)cc1. The fraction of sp³-hybridized carbons (Fsp3) is 0.182. The lowest BCUT2D eigenvalue weighted by molar-refractivity contribution is 0.391. The van der Waals surface area contributed by atoms with E-state index in [1.165, 1.54) is 23.4 Å². The van der Waals surface area contributed by atoms with Crippen LogP contribution in [0.5, 0.6) is 5.75 Å². The van der Waals surface area contributed by atoms with Crippen molar-refractivity contribution in [1.29, 1.82) is 0 Å². The lowest BCUT2D eigenvalue weighted by atomic mass is 10.1. The number of hydrogen-bond acceptors (Lipinski definition) is 7. The number of H-pyrrole nitrogens is 1. The van der Waals surface area contributed by atoms with E-state index in [2.05, 4.69) is 27.0 Å². The highest BCUT2D eigenvalue weighted by atomic mass is 32.2. The van der Waals surface area contributed by atoms with Gasteiger partial charge in [0.15, 0.2) is 5.16 Å². The molecule has 0 amide bonds. The predicted octanol–water partition coefficient (Wildman–Crippen LogP) is 4.35.